The zero-order valence-electron chi connectivity index (χ0n) is 12.1. The lowest BCUT2D eigenvalue weighted by molar-refractivity contribution is 0.188. The van der Waals surface area contributed by atoms with Crippen molar-refractivity contribution in [1.29, 1.82) is 0 Å². The van der Waals surface area contributed by atoms with Gasteiger partial charge < -0.3 is 9.47 Å². The van der Waals surface area contributed by atoms with Crippen LogP contribution in [0, 0.1) is 5.92 Å². The van der Waals surface area contributed by atoms with E-state index in [4.69, 9.17) is 9.47 Å². The van der Waals surface area contributed by atoms with Crippen LogP contribution in [0.1, 0.15) is 16.7 Å². The zero-order chi connectivity index (χ0) is 14.2. The predicted molar refractivity (Wildman–Crippen MR) is 83.5 cm³/mol. The number of hydrogen-bond acceptors (Lipinski definition) is 2. The van der Waals surface area contributed by atoms with Crippen LogP contribution in [0.5, 0.6) is 5.75 Å². The Morgan fingerprint density at radius 3 is 2.67 bits per heavy atom. The van der Waals surface area contributed by atoms with Gasteiger partial charge in [0.25, 0.3) is 0 Å². The fraction of sp³-hybridized carbons (Fsp3) is 0.263. The molecule has 21 heavy (non-hydrogen) atoms. The van der Waals surface area contributed by atoms with Crippen molar-refractivity contribution >= 4 is 5.57 Å². The molecule has 1 fully saturated rings. The summed E-state index contributed by atoms with van der Waals surface area (Å²) in [6.07, 6.45) is 1.10. The van der Waals surface area contributed by atoms with E-state index in [0.29, 0.717) is 5.92 Å². The second kappa shape index (κ2) is 5.05. The Morgan fingerprint density at radius 2 is 1.86 bits per heavy atom. The molecule has 2 heteroatoms. The number of methoxy groups -OCH3 is 1. The molecule has 1 unspecified atom stereocenters. The fourth-order valence-electron chi connectivity index (χ4n) is 3.47. The van der Waals surface area contributed by atoms with Gasteiger partial charge in [-0.2, -0.15) is 0 Å². The van der Waals surface area contributed by atoms with Crippen molar-refractivity contribution in [2.45, 2.75) is 6.42 Å². The summed E-state index contributed by atoms with van der Waals surface area (Å²) < 4.78 is 11.0. The van der Waals surface area contributed by atoms with Crippen molar-refractivity contribution < 1.29 is 9.47 Å². The van der Waals surface area contributed by atoms with Gasteiger partial charge in [0.1, 0.15) is 5.75 Å². The van der Waals surface area contributed by atoms with Gasteiger partial charge in [-0.25, -0.2) is 0 Å². The maximum absolute atomic E-state index is 5.74. The predicted octanol–water partition coefficient (Wildman–Crippen LogP) is 3.70. The summed E-state index contributed by atoms with van der Waals surface area (Å²) in [7, 11) is 1.70. The van der Waals surface area contributed by atoms with Crippen LogP contribution < -0.4 is 4.74 Å². The van der Waals surface area contributed by atoms with E-state index in [1.165, 1.54) is 27.8 Å². The second-order valence-electron chi connectivity index (χ2n) is 5.70. The third-order valence-corrected chi connectivity index (χ3v) is 4.52. The molecular weight excluding hydrogens is 260 g/mol. The van der Waals surface area contributed by atoms with Crippen LogP contribution in [0.3, 0.4) is 0 Å². The van der Waals surface area contributed by atoms with Gasteiger partial charge in [0, 0.05) is 5.92 Å². The molecule has 1 saturated heterocycles. The minimum atomic E-state index is 0.539. The van der Waals surface area contributed by atoms with E-state index >= 15 is 0 Å². The number of benzene rings is 2. The van der Waals surface area contributed by atoms with E-state index in [9.17, 15) is 0 Å². The first kappa shape index (κ1) is 12.7. The Kier molecular flexibility index (Phi) is 3.04. The number of hydrogen-bond donors (Lipinski definition) is 0. The molecule has 0 aromatic heterocycles. The molecule has 0 N–H and O–H groups in total. The second-order valence-corrected chi connectivity index (χ2v) is 5.70. The van der Waals surface area contributed by atoms with E-state index in [0.717, 1.165) is 25.4 Å². The maximum Gasteiger partial charge on any atom is 0.118 e. The minimum absolute atomic E-state index is 0.539. The molecular formula is C19H18O2. The van der Waals surface area contributed by atoms with Gasteiger partial charge in [0.2, 0.25) is 0 Å². The van der Waals surface area contributed by atoms with Gasteiger partial charge in [-0.1, -0.05) is 36.4 Å². The monoisotopic (exact) mass is 278 g/mol. The highest BCUT2D eigenvalue weighted by atomic mass is 16.5. The van der Waals surface area contributed by atoms with E-state index in [-0.39, 0.29) is 0 Å². The lowest BCUT2D eigenvalue weighted by atomic mass is 9.78. The molecule has 106 valence electrons. The fourth-order valence-corrected chi connectivity index (χ4v) is 3.47. The Labute approximate surface area is 125 Å². The normalized spacial score (nSPS) is 20.1. The SMILES string of the molecule is COc1ccc(C2=C3COCC3Cc3ccccc32)cc1. The lowest BCUT2D eigenvalue weighted by Crippen LogP contribution is -2.15. The number of ether oxygens (including phenoxy) is 2. The van der Waals surface area contributed by atoms with Gasteiger partial charge in [-0.15, -0.1) is 0 Å². The smallest absolute Gasteiger partial charge is 0.118 e. The van der Waals surface area contributed by atoms with E-state index in [1.807, 2.05) is 12.1 Å². The summed E-state index contributed by atoms with van der Waals surface area (Å²) in [6, 6.07) is 17.1. The van der Waals surface area contributed by atoms with Gasteiger partial charge >= 0.3 is 0 Å². The first-order valence-electron chi connectivity index (χ1n) is 7.40. The van der Waals surface area contributed by atoms with Crippen LogP contribution in [0.4, 0.5) is 0 Å². The highest BCUT2D eigenvalue weighted by molar-refractivity contribution is 5.85. The lowest BCUT2D eigenvalue weighted by Gasteiger charge is -2.25. The van der Waals surface area contributed by atoms with Crippen molar-refractivity contribution in [3.63, 3.8) is 0 Å². The van der Waals surface area contributed by atoms with E-state index in [2.05, 4.69) is 36.4 Å². The van der Waals surface area contributed by atoms with Crippen LogP contribution in [0.15, 0.2) is 54.1 Å². The van der Waals surface area contributed by atoms with Crippen molar-refractivity contribution in [3.05, 3.63) is 70.8 Å². The summed E-state index contributed by atoms with van der Waals surface area (Å²) in [5.41, 5.74) is 6.87. The molecule has 1 atom stereocenters. The summed E-state index contributed by atoms with van der Waals surface area (Å²) in [4.78, 5) is 0. The molecule has 0 bridgehead atoms. The van der Waals surface area contributed by atoms with E-state index < -0.39 is 0 Å². The van der Waals surface area contributed by atoms with Crippen LogP contribution in [-0.4, -0.2) is 20.3 Å². The minimum Gasteiger partial charge on any atom is -0.497 e. The van der Waals surface area contributed by atoms with E-state index in [1.54, 1.807) is 7.11 Å². The summed E-state index contributed by atoms with van der Waals surface area (Å²) in [6.45, 7) is 1.61. The largest absolute Gasteiger partial charge is 0.497 e. The molecule has 4 rings (SSSR count). The Balaban J connectivity index is 1.89. The third kappa shape index (κ3) is 2.07. The first-order chi connectivity index (χ1) is 10.4. The molecule has 0 spiro atoms. The molecule has 1 aliphatic carbocycles. The van der Waals surface area contributed by atoms with Crippen LogP contribution in [0.25, 0.3) is 5.57 Å². The van der Waals surface area contributed by atoms with Crippen molar-refractivity contribution in [2.75, 3.05) is 20.3 Å². The Hall–Kier alpha value is -2.06. The van der Waals surface area contributed by atoms with Crippen molar-refractivity contribution in [2.24, 2.45) is 5.92 Å². The molecule has 0 saturated carbocycles. The molecule has 0 amide bonds. The van der Waals surface area contributed by atoms with Gasteiger partial charge in [0.15, 0.2) is 0 Å². The van der Waals surface area contributed by atoms with Gasteiger partial charge in [0.05, 0.1) is 20.3 Å². The zero-order valence-corrected chi connectivity index (χ0v) is 12.1. The quantitative estimate of drug-likeness (QED) is 0.834. The molecule has 2 aromatic rings. The summed E-state index contributed by atoms with van der Waals surface area (Å²) in [5, 5.41) is 0. The van der Waals surface area contributed by atoms with Crippen LogP contribution >= 0.6 is 0 Å². The first-order valence-corrected chi connectivity index (χ1v) is 7.40. The van der Waals surface area contributed by atoms with Crippen molar-refractivity contribution in [1.82, 2.24) is 0 Å². The Bertz CT molecular complexity index is 698. The van der Waals surface area contributed by atoms with Gasteiger partial charge in [-0.3, -0.25) is 0 Å². The highest BCUT2D eigenvalue weighted by Crippen LogP contribution is 2.41. The third-order valence-electron chi connectivity index (χ3n) is 4.52. The maximum atomic E-state index is 5.74. The molecule has 2 aromatic carbocycles. The molecule has 2 aliphatic rings. The summed E-state index contributed by atoms with van der Waals surface area (Å²) in [5.74, 6) is 1.43. The summed E-state index contributed by atoms with van der Waals surface area (Å²) >= 11 is 0. The topological polar surface area (TPSA) is 18.5 Å². The Morgan fingerprint density at radius 1 is 1.05 bits per heavy atom. The van der Waals surface area contributed by atoms with Crippen LogP contribution in [0.2, 0.25) is 0 Å². The number of fused-ring (bicyclic) bond motifs is 2. The molecule has 2 nitrogen and oxygen atoms in total. The average molecular weight is 278 g/mol. The molecule has 1 heterocycles. The molecule has 0 radical (unpaired) electrons. The van der Waals surface area contributed by atoms with Crippen LogP contribution in [-0.2, 0) is 11.2 Å². The van der Waals surface area contributed by atoms with Crippen molar-refractivity contribution in [3.8, 4) is 5.75 Å². The molecule has 1 aliphatic heterocycles. The standard InChI is InChI=1S/C19H18O2/c1-20-16-8-6-13(7-9-16)19-17-5-3-2-4-14(17)10-15-11-21-12-18(15)19/h2-9,15H,10-12H2,1H3. The average Bonchev–Trinajstić information content (AvgIpc) is 3.00. The highest BCUT2D eigenvalue weighted by Gasteiger charge is 2.31. The number of rotatable bonds is 2. The van der Waals surface area contributed by atoms with Gasteiger partial charge in [-0.05, 0) is 46.4 Å².